The fourth-order valence-corrected chi connectivity index (χ4v) is 5.82. The van der Waals surface area contributed by atoms with Crippen molar-refractivity contribution in [2.75, 3.05) is 6.61 Å². The van der Waals surface area contributed by atoms with Crippen molar-refractivity contribution in [1.82, 2.24) is 15.8 Å². The maximum atomic E-state index is 16.3. The van der Waals surface area contributed by atoms with Gasteiger partial charge in [-0.15, -0.1) is 22.5 Å². The number of hydrogen-bond donors (Lipinski definition) is 4. The van der Waals surface area contributed by atoms with Crippen LogP contribution in [0.4, 0.5) is 22.0 Å². The third-order valence-electron chi connectivity index (χ3n) is 6.11. The van der Waals surface area contributed by atoms with Gasteiger partial charge in [0, 0.05) is 17.0 Å². The van der Waals surface area contributed by atoms with Gasteiger partial charge < -0.3 is 20.1 Å². The zero-order valence-electron chi connectivity index (χ0n) is 17.3. The third kappa shape index (κ3) is 4.42. The second-order valence-corrected chi connectivity index (χ2v) is 9.66. The van der Waals surface area contributed by atoms with Crippen molar-refractivity contribution in [1.29, 1.82) is 0 Å². The Morgan fingerprint density at radius 3 is 2.33 bits per heavy atom. The number of hydrogen-bond acceptors (Lipinski definition) is 8. The largest absolute Gasteiger partial charge is 0.394 e. The van der Waals surface area contributed by atoms with Crippen LogP contribution in [0.1, 0.15) is 37.7 Å². The fraction of sp³-hybridized carbons (Fsp3) is 0.600. The summed E-state index contributed by atoms with van der Waals surface area (Å²) in [7, 11) is 0. The molecule has 1 aromatic carbocycles. The average Bonchev–Trinajstić information content (AvgIpc) is 3.20. The Labute approximate surface area is 190 Å². The Hall–Kier alpha value is -1.64. The van der Waals surface area contributed by atoms with Gasteiger partial charge in [-0.1, -0.05) is 23.7 Å². The van der Waals surface area contributed by atoms with Crippen molar-refractivity contribution < 1.29 is 42.1 Å². The summed E-state index contributed by atoms with van der Waals surface area (Å²) in [6, 6.07) is 1.03. The van der Waals surface area contributed by atoms with E-state index in [2.05, 4.69) is 0 Å². The minimum atomic E-state index is -3.10. The first-order chi connectivity index (χ1) is 15.7. The number of aliphatic hydroxyl groups is 3. The van der Waals surface area contributed by atoms with Crippen LogP contribution in [0.15, 0.2) is 18.3 Å². The van der Waals surface area contributed by atoms with E-state index in [4.69, 9.17) is 4.74 Å². The average molecular weight is 497 g/mol. The van der Waals surface area contributed by atoms with Gasteiger partial charge in [-0.05, 0) is 25.0 Å². The molecule has 0 aromatic heterocycles. The summed E-state index contributed by atoms with van der Waals surface area (Å²) < 4.78 is 77.0. The molecular weight excluding hydrogens is 473 g/mol. The molecule has 33 heavy (non-hydrogen) atoms. The standard InChI is InChI=1S/C20H24F5N3O4S/c21-12-6-10(7-13(22)16(12)23)14-8-27(26-28(14)25)20(24)17(30)15(9-29)32-19(18(20)31)33-11-4-2-1-3-5-11/h6-8,11,15,17-19,26,29-31H,1-5,9H2/t15-,17+,18+,19-,20+/m1/s1. The highest BCUT2D eigenvalue weighted by atomic mass is 32.2. The first-order valence-corrected chi connectivity index (χ1v) is 11.5. The lowest BCUT2D eigenvalue weighted by molar-refractivity contribution is -0.286. The molecule has 7 nitrogen and oxygen atoms in total. The summed E-state index contributed by atoms with van der Waals surface area (Å²) >= 11 is 1.18. The van der Waals surface area contributed by atoms with E-state index in [1.807, 2.05) is 5.53 Å². The number of halogens is 5. The molecule has 1 aromatic rings. The monoisotopic (exact) mass is 497 g/mol. The van der Waals surface area contributed by atoms with Gasteiger partial charge in [-0.25, -0.2) is 17.6 Å². The summed E-state index contributed by atoms with van der Waals surface area (Å²) in [6.45, 7) is -0.778. The molecule has 0 bridgehead atoms. The Kier molecular flexibility index (Phi) is 7.08. The second kappa shape index (κ2) is 9.55. The number of rotatable bonds is 5. The maximum absolute atomic E-state index is 16.3. The van der Waals surface area contributed by atoms with Crippen LogP contribution >= 0.6 is 11.8 Å². The molecule has 1 saturated heterocycles. The number of thioether (sulfide) groups is 1. The Morgan fingerprint density at radius 2 is 1.73 bits per heavy atom. The van der Waals surface area contributed by atoms with Gasteiger partial charge in [-0.3, -0.25) is 5.01 Å². The fourth-order valence-electron chi connectivity index (χ4n) is 4.29. The van der Waals surface area contributed by atoms with Crippen LogP contribution in [0.3, 0.4) is 0 Å². The molecule has 3 aliphatic rings. The molecule has 4 N–H and O–H groups in total. The van der Waals surface area contributed by atoms with E-state index in [0.29, 0.717) is 17.1 Å². The summed E-state index contributed by atoms with van der Waals surface area (Å²) in [6.07, 6.45) is -0.168. The molecule has 1 aliphatic carbocycles. The van der Waals surface area contributed by atoms with Crippen LogP contribution in [0.25, 0.3) is 5.70 Å². The summed E-state index contributed by atoms with van der Waals surface area (Å²) in [5.41, 5.74) is -0.332. The van der Waals surface area contributed by atoms with Crippen molar-refractivity contribution >= 4 is 17.5 Å². The minimum Gasteiger partial charge on any atom is -0.394 e. The minimum absolute atomic E-state index is 0.0673. The predicted molar refractivity (Wildman–Crippen MR) is 108 cm³/mol. The Morgan fingerprint density at radius 1 is 1.09 bits per heavy atom. The lowest BCUT2D eigenvalue weighted by Crippen LogP contribution is -2.72. The highest BCUT2D eigenvalue weighted by Gasteiger charge is 2.61. The number of nitrogens with zero attached hydrogens (tertiary/aromatic N) is 2. The number of nitrogens with one attached hydrogen (secondary N) is 1. The predicted octanol–water partition coefficient (Wildman–Crippen LogP) is 2.49. The number of benzene rings is 1. The Balaban J connectivity index is 1.64. The first-order valence-electron chi connectivity index (χ1n) is 10.5. The summed E-state index contributed by atoms with van der Waals surface area (Å²) in [4.78, 5) is 0. The zero-order chi connectivity index (χ0) is 23.9. The molecule has 0 spiro atoms. The number of ether oxygens (including phenoxy) is 1. The lowest BCUT2D eigenvalue weighted by Gasteiger charge is -2.49. The van der Waals surface area contributed by atoms with E-state index in [9.17, 15) is 33.0 Å². The van der Waals surface area contributed by atoms with Crippen LogP contribution < -0.4 is 5.53 Å². The maximum Gasteiger partial charge on any atom is 0.254 e. The summed E-state index contributed by atoms with van der Waals surface area (Å²) in [5.74, 6) is -8.01. The van der Waals surface area contributed by atoms with Gasteiger partial charge in [0.25, 0.3) is 5.79 Å². The van der Waals surface area contributed by atoms with Gasteiger partial charge in [0.2, 0.25) is 0 Å². The highest BCUT2D eigenvalue weighted by Crippen LogP contribution is 2.44. The van der Waals surface area contributed by atoms with E-state index in [1.54, 1.807) is 0 Å². The molecule has 0 unspecified atom stereocenters. The number of hydrazine groups is 2. The van der Waals surface area contributed by atoms with E-state index in [1.165, 1.54) is 11.8 Å². The molecule has 2 heterocycles. The summed E-state index contributed by atoms with van der Waals surface area (Å²) in [5, 5.41) is 31.2. The SMILES string of the molecule is OC[C@H]1O[C@H](SC2CCCCC2)[C@H](O)[C@@](F)(N2C=C(c3cc(F)c(F)c(F)c3)N(F)N2)[C@H]1O. The molecule has 4 rings (SSSR count). The van der Waals surface area contributed by atoms with Gasteiger partial charge in [0.15, 0.2) is 17.5 Å². The van der Waals surface area contributed by atoms with Crippen LogP contribution in [0, 0.1) is 17.5 Å². The molecule has 0 amide bonds. The van der Waals surface area contributed by atoms with Gasteiger partial charge in [0.1, 0.15) is 29.4 Å². The smallest absolute Gasteiger partial charge is 0.254 e. The van der Waals surface area contributed by atoms with Crippen LogP contribution in [0.2, 0.25) is 0 Å². The topological polar surface area (TPSA) is 88.4 Å². The van der Waals surface area contributed by atoms with Crippen LogP contribution in [-0.4, -0.2) is 67.0 Å². The zero-order valence-corrected chi connectivity index (χ0v) is 18.1. The van der Waals surface area contributed by atoms with Crippen molar-refractivity contribution in [3.63, 3.8) is 0 Å². The van der Waals surface area contributed by atoms with Crippen molar-refractivity contribution in [2.24, 2.45) is 0 Å². The van der Waals surface area contributed by atoms with Crippen molar-refractivity contribution in [3.05, 3.63) is 41.3 Å². The number of alkyl halides is 1. The van der Waals surface area contributed by atoms with Crippen molar-refractivity contribution in [3.8, 4) is 0 Å². The molecule has 1 saturated carbocycles. The van der Waals surface area contributed by atoms with Crippen LogP contribution in [-0.2, 0) is 4.74 Å². The molecule has 0 radical (unpaired) electrons. The molecule has 184 valence electrons. The number of aliphatic hydroxyl groups excluding tert-OH is 3. The molecular formula is C20H24F5N3O4S. The lowest BCUT2D eigenvalue weighted by atomic mass is 9.93. The quantitative estimate of drug-likeness (QED) is 0.214. The third-order valence-corrected chi connectivity index (χ3v) is 7.61. The molecule has 2 aliphatic heterocycles. The van der Waals surface area contributed by atoms with Crippen molar-refractivity contribution in [2.45, 2.75) is 66.9 Å². The second-order valence-electron chi connectivity index (χ2n) is 8.26. The van der Waals surface area contributed by atoms with Gasteiger partial charge in [0.05, 0.1) is 6.61 Å². The normalized spacial score (nSPS) is 33.5. The van der Waals surface area contributed by atoms with E-state index in [-0.39, 0.29) is 10.5 Å². The van der Waals surface area contributed by atoms with E-state index < -0.39 is 64.9 Å². The Bertz CT molecular complexity index is 885. The molecule has 5 atom stereocenters. The first kappa shape index (κ1) is 24.5. The van der Waals surface area contributed by atoms with Crippen LogP contribution in [0.5, 0.6) is 0 Å². The van der Waals surface area contributed by atoms with Gasteiger partial charge in [-0.2, -0.15) is 0 Å². The molecule has 2 fully saturated rings. The van der Waals surface area contributed by atoms with E-state index >= 15 is 4.39 Å². The molecule has 13 heteroatoms. The highest BCUT2D eigenvalue weighted by molar-refractivity contribution is 8.00. The van der Waals surface area contributed by atoms with Gasteiger partial charge >= 0.3 is 0 Å². The van der Waals surface area contributed by atoms with E-state index in [0.717, 1.165) is 38.3 Å².